The molecule has 8 heteroatoms. The molecule has 3 heterocycles. The van der Waals surface area contributed by atoms with E-state index in [1.54, 1.807) is 12.1 Å². The van der Waals surface area contributed by atoms with E-state index in [9.17, 15) is 14.0 Å². The second kappa shape index (κ2) is 8.09. The molecule has 162 valence electrons. The van der Waals surface area contributed by atoms with Gasteiger partial charge in [0.15, 0.2) is 11.5 Å². The predicted molar refractivity (Wildman–Crippen MR) is 112 cm³/mol. The van der Waals surface area contributed by atoms with Crippen molar-refractivity contribution in [2.45, 2.75) is 43.8 Å². The third-order valence-corrected chi connectivity index (χ3v) is 6.20. The lowest BCUT2D eigenvalue weighted by Gasteiger charge is -2.39. The minimum Gasteiger partial charge on any atom is -0.486 e. The van der Waals surface area contributed by atoms with Gasteiger partial charge in [-0.1, -0.05) is 0 Å². The molecule has 3 aliphatic rings. The van der Waals surface area contributed by atoms with E-state index < -0.39 is 0 Å². The highest BCUT2D eigenvalue weighted by molar-refractivity contribution is 5.94. The van der Waals surface area contributed by atoms with E-state index in [2.05, 4.69) is 10.6 Å². The molecule has 31 heavy (non-hydrogen) atoms. The van der Waals surface area contributed by atoms with E-state index in [1.807, 2.05) is 11.0 Å². The van der Waals surface area contributed by atoms with Gasteiger partial charge in [-0.05, 0) is 62.1 Å². The highest BCUT2D eigenvalue weighted by Gasteiger charge is 2.43. The first-order chi connectivity index (χ1) is 15.1. The van der Waals surface area contributed by atoms with Crippen molar-refractivity contribution in [2.24, 2.45) is 0 Å². The van der Waals surface area contributed by atoms with Crippen LogP contribution in [0.15, 0.2) is 42.5 Å². The van der Waals surface area contributed by atoms with Crippen LogP contribution in [0.4, 0.5) is 14.9 Å². The SMILES string of the molecule is O=C(NC1C[C@H]2CC[C@@H](C1)N2C(=O)Nc1ccc2c(c1)OCCO2)c1ccc(F)cc1. The molecule has 2 aromatic rings. The van der Waals surface area contributed by atoms with Crippen molar-refractivity contribution in [3.63, 3.8) is 0 Å². The van der Waals surface area contributed by atoms with Crippen molar-refractivity contribution in [1.82, 2.24) is 10.2 Å². The lowest BCUT2D eigenvalue weighted by Crippen LogP contribution is -2.53. The number of ether oxygens (including phenoxy) is 2. The quantitative estimate of drug-likeness (QED) is 0.788. The lowest BCUT2D eigenvalue weighted by molar-refractivity contribution is 0.0891. The minimum atomic E-state index is -0.369. The van der Waals surface area contributed by atoms with Crippen molar-refractivity contribution in [1.29, 1.82) is 0 Å². The number of hydrogen-bond donors (Lipinski definition) is 2. The van der Waals surface area contributed by atoms with E-state index in [-0.39, 0.29) is 35.9 Å². The molecule has 0 aliphatic carbocycles. The summed E-state index contributed by atoms with van der Waals surface area (Å²) in [5, 5.41) is 6.03. The number of urea groups is 1. The van der Waals surface area contributed by atoms with Crippen LogP contribution in [-0.4, -0.2) is 48.2 Å². The zero-order valence-corrected chi connectivity index (χ0v) is 17.0. The van der Waals surface area contributed by atoms with Crippen LogP contribution in [0, 0.1) is 5.82 Å². The number of carbonyl (C=O) groups is 2. The second-order valence-corrected chi connectivity index (χ2v) is 8.23. The van der Waals surface area contributed by atoms with Gasteiger partial charge in [-0.2, -0.15) is 0 Å². The summed E-state index contributed by atoms with van der Waals surface area (Å²) in [5.41, 5.74) is 1.10. The Morgan fingerprint density at radius 1 is 0.935 bits per heavy atom. The van der Waals surface area contributed by atoms with Gasteiger partial charge in [-0.3, -0.25) is 4.79 Å². The Balaban J connectivity index is 1.21. The minimum absolute atomic E-state index is 0.00611. The monoisotopic (exact) mass is 425 g/mol. The van der Waals surface area contributed by atoms with Gasteiger partial charge < -0.3 is 25.0 Å². The molecule has 0 radical (unpaired) electrons. The van der Waals surface area contributed by atoms with Crippen LogP contribution in [0.1, 0.15) is 36.0 Å². The molecule has 3 amide bonds. The molecule has 0 spiro atoms. The van der Waals surface area contributed by atoms with Gasteiger partial charge in [-0.25, -0.2) is 9.18 Å². The van der Waals surface area contributed by atoms with Crippen LogP contribution in [0.2, 0.25) is 0 Å². The van der Waals surface area contributed by atoms with Gasteiger partial charge in [0.2, 0.25) is 0 Å². The first-order valence-corrected chi connectivity index (χ1v) is 10.6. The summed E-state index contributed by atoms with van der Waals surface area (Å²) in [6.07, 6.45) is 3.25. The zero-order valence-electron chi connectivity index (χ0n) is 17.0. The largest absolute Gasteiger partial charge is 0.486 e. The number of anilines is 1. The molecule has 2 bridgehead atoms. The average Bonchev–Trinajstić information content (AvgIpc) is 3.05. The van der Waals surface area contributed by atoms with Crippen molar-refractivity contribution >= 4 is 17.6 Å². The fourth-order valence-electron chi connectivity index (χ4n) is 4.81. The normalized spacial score (nSPS) is 23.9. The fourth-order valence-corrected chi connectivity index (χ4v) is 4.81. The number of amides is 3. The standard InChI is InChI=1S/C23H24FN3O4/c24-15-3-1-14(2-4-15)22(28)25-17-11-18-6-7-19(12-17)27(18)23(29)26-16-5-8-20-21(13-16)31-10-9-30-20/h1-5,8,13,17-19H,6-7,9-12H2,(H,25,28)(H,26,29)/t17?,18-,19+. The molecular formula is C23H24FN3O4. The van der Waals surface area contributed by atoms with Crippen molar-refractivity contribution in [2.75, 3.05) is 18.5 Å². The number of piperidine rings is 1. The number of nitrogens with one attached hydrogen (secondary N) is 2. The summed E-state index contributed by atoms with van der Waals surface area (Å²) >= 11 is 0. The Labute approximate surface area is 179 Å². The fraction of sp³-hybridized carbons (Fsp3) is 0.391. The molecule has 5 rings (SSSR count). The van der Waals surface area contributed by atoms with Crippen LogP contribution >= 0.6 is 0 Å². The van der Waals surface area contributed by atoms with E-state index in [4.69, 9.17) is 9.47 Å². The molecule has 3 atom stereocenters. The Kier molecular flexibility index (Phi) is 5.13. The van der Waals surface area contributed by atoms with E-state index in [1.165, 1.54) is 24.3 Å². The number of hydrogen-bond acceptors (Lipinski definition) is 4. The van der Waals surface area contributed by atoms with Crippen LogP contribution < -0.4 is 20.1 Å². The molecule has 1 unspecified atom stereocenters. The maximum atomic E-state index is 13.1. The third kappa shape index (κ3) is 4.02. The predicted octanol–water partition coefficient (Wildman–Crippen LogP) is 3.55. The topological polar surface area (TPSA) is 79.9 Å². The van der Waals surface area contributed by atoms with Gasteiger partial charge in [-0.15, -0.1) is 0 Å². The van der Waals surface area contributed by atoms with Gasteiger partial charge in [0.1, 0.15) is 19.0 Å². The van der Waals surface area contributed by atoms with Crippen LogP contribution in [0.5, 0.6) is 11.5 Å². The van der Waals surface area contributed by atoms with Crippen molar-refractivity contribution in [3.05, 3.63) is 53.8 Å². The zero-order chi connectivity index (χ0) is 21.4. The van der Waals surface area contributed by atoms with Gasteiger partial charge in [0, 0.05) is 35.4 Å². The molecule has 2 saturated heterocycles. The Bertz CT molecular complexity index is 983. The molecule has 7 nitrogen and oxygen atoms in total. The number of rotatable bonds is 3. The van der Waals surface area contributed by atoms with Gasteiger partial charge in [0.05, 0.1) is 0 Å². The first-order valence-electron chi connectivity index (χ1n) is 10.6. The summed E-state index contributed by atoms with van der Waals surface area (Å²) in [5.74, 6) is 0.738. The second-order valence-electron chi connectivity index (χ2n) is 8.23. The van der Waals surface area contributed by atoms with Crippen LogP contribution in [0.3, 0.4) is 0 Å². The summed E-state index contributed by atoms with van der Waals surface area (Å²) in [7, 11) is 0. The van der Waals surface area contributed by atoms with Gasteiger partial charge in [0.25, 0.3) is 5.91 Å². The highest BCUT2D eigenvalue weighted by Crippen LogP contribution is 2.37. The third-order valence-electron chi connectivity index (χ3n) is 6.20. The number of fused-ring (bicyclic) bond motifs is 3. The molecule has 2 N–H and O–H groups in total. The van der Waals surface area contributed by atoms with Crippen LogP contribution in [-0.2, 0) is 0 Å². The first kappa shape index (κ1) is 19.7. The summed E-state index contributed by atoms with van der Waals surface area (Å²) in [6.45, 7) is 1.01. The number of halogens is 1. The van der Waals surface area contributed by atoms with Crippen molar-refractivity contribution < 1.29 is 23.5 Å². The number of nitrogens with zero attached hydrogens (tertiary/aromatic N) is 1. The molecule has 2 fully saturated rings. The molecule has 3 aliphatic heterocycles. The maximum Gasteiger partial charge on any atom is 0.322 e. The van der Waals surface area contributed by atoms with Crippen molar-refractivity contribution in [3.8, 4) is 11.5 Å². The van der Waals surface area contributed by atoms with Gasteiger partial charge >= 0.3 is 6.03 Å². The molecular weight excluding hydrogens is 401 g/mol. The molecule has 0 aromatic heterocycles. The summed E-state index contributed by atoms with van der Waals surface area (Å²) < 4.78 is 24.2. The maximum absolute atomic E-state index is 13.1. The van der Waals surface area contributed by atoms with Crippen LogP contribution in [0.25, 0.3) is 0 Å². The Hall–Kier alpha value is -3.29. The van der Waals surface area contributed by atoms with E-state index >= 15 is 0 Å². The number of benzene rings is 2. The molecule has 2 aromatic carbocycles. The molecule has 0 saturated carbocycles. The summed E-state index contributed by atoms with van der Waals surface area (Å²) in [4.78, 5) is 27.4. The van der Waals surface area contributed by atoms with E-state index in [0.29, 0.717) is 48.8 Å². The number of carbonyl (C=O) groups excluding carboxylic acids is 2. The van der Waals surface area contributed by atoms with E-state index in [0.717, 1.165) is 12.8 Å². The average molecular weight is 425 g/mol. The Morgan fingerprint density at radius 2 is 1.61 bits per heavy atom. The summed E-state index contributed by atoms with van der Waals surface area (Å²) in [6, 6.07) is 10.9. The smallest absolute Gasteiger partial charge is 0.322 e. The lowest BCUT2D eigenvalue weighted by atomic mass is 9.97. The Morgan fingerprint density at radius 3 is 2.32 bits per heavy atom. The highest BCUT2D eigenvalue weighted by atomic mass is 19.1.